The second-order valence-electron chi connectivity index (χ2n) is 11.5. The quantitative estimate of drug-likeness (QED) is 0.0489. The summed E-state index contributed by atoms with van der Waals surface area (Å²) in [5, 5.41) is 12.5. The van der Waals surface area contributed by atoms with Gasteiger partial charge in [0.2, 0.25) is 0 Å². The summed E-state index contributed by atoms with van der Waals surface area (Å²) < 4.78 is 11.4. The number of nitrogens with one attached hydrogen (secondary N) is 1. The highest BCUT2D eigenvalue weighted by molar-refractivity contribution is 5.99. The van der Waals surface area contributed by atoms with E-state index in [1.807, 2.05) is 19.1 Å². The number of aliphatic carboxylic acids is 1. The number of carbonyl (C=O) groups is 4. The van der Waals surface area contributed by atoms with E-state index in [0.717, 1.165) is 18.4 Å². The lowest BCUT2D eigenvalue weighted by Gasteiger charge is -2.21. The molecule has 0 unspecified atom stereocenters. The summed E-state index contributed by atoms with van der Waals surface area (Å²) in [6, 6.07) is 27.3. The first-order valence-electron chi connectivity index (χ1n) is 16.2. The van der Waals surface area contributed by atoms with E-state index >= 15 is 0 Å². The summed E-state index contributed by atoms with van der Waals surface area (Å²) in [4.78, 5) is 51.4. The molecular formula is C39H42N2O7. The Balaban J connectivity index is 1.31. The molecule has 9 heteroatoms. The van der Waals surface area contributed by atoms with Crippen LogP contribution in [-0.4, -0.2) is 53.3 Å². The Bertz CT molecular complexity index is 1670. The van der Waals surface area contributed by atoms with Gasteiger partial charge in [0.25, 0.3) is 5.91 Å². The minimum Gasteiger partial charge on any atom is -0.494 e. The van der Waals surface area contributed by atoms with Crippen molar-refractivity contribution in [3.63, 3.8) is 0 Å². The van der Waals surface area contributed by atoms with Crippen molar-refractivity contribution in [2.75, 3.05) is 25.0 Å². The SMILES string of the molecule is CCCCCCCOc1ccc(C(=O)Oc2ccc(CN(CC(=O)O)C(=O)c3ccc(NCC(=O)c4ccccc4)cc3)cc2)c(C)c1. The maximum atomic E-state index is 13.3. The molecule has 4 aromatic rings. The van der Waals surface area contributed by atoms with Crippen LogP contribution in [0.4, 0.5) is 5.69 Å². The van der Waals surface area contributed by atoms with Crippen molar-refractivity contribution in [1.29, 1.82) is 0 Å². The summed E-state index contributed by atoms with van der Waals surface area (Å²) in [6.07, 6.45) is 5.77. The average molecular weight is 651 g/mol. The molecule has 9 nitrogen and oxygen atoms in total. The standard InChI is InChI=1S/C39H42N2O7/c1-3-4-5-6-10-23-47-34-21-22-35(28(2)24-34)39(46)48-33-19-13-29(14-20-33)26-41(27-37(43)44)38(45)31-15-17-32(18-16-31)40-25-36(42)30-11-8-7-9-12-30/h7-9,11-22,24,40H,3-6,10,23,25-27H2,1-2H3,(H,43,44). The summed E-state index contributed by atoms with van der Waals surface area (Å²) in [5.41, 5.74) is 3.39. The number of ketones is 1. The lowest BCUT2D eigenvalue weighted by Crippen LogP contribution is -2.35. The van der Waals surface area contributed by atoms with Crippen molar-refractivity contribution in [3.8, 4) is 11.5 Å². The molecule has 2 N–H and O–H groups in total. The molecule has 0 spiro atoms. The van der Waals surface area contributed by atoms with Crippen LogP contribution in [0.3, 0.4) is 0 Å². The number of unbranched alkanes of at least 4 members (excludes halogenated alkanes) is 4. The van der Waals surface area contributed by atoms with Crippen LogP contribution in [0.25, 0.3) is 0 Å². The third-order valence-electron chi connectivity index (χ3n) is 7.74. The number of carboxylic acids is 1. The van der Waals surface area contributed by atoms with Crippen molar-refractivity contribution >= 4 is 29.3 Å². The van der Waals surface area contributed by atoms with Gasteiger partial charge < -0.3 is 24.8 Å². The molecule has 0 aliphatic rings. The molecule has 0 saturated heterocycles. The molecule has 0 aliphatic heterocycles. The second-order valence-corrected chi connectivity index (χ2v) is 11.5. The van der Waals surface area contributed by atoms with Gasteiger partial charge in [0, 0.05) is 23.4 Å². The van der Waals surface area contributed by atoms with Gasteiger partial charge in [-0.3, -0.25) is 14.4 Å². The molecule has 0 fully saturated rings. The number of anilines is 1. The van der Waals surface area contributed by atoms with E-state index in [2.05, 4.69) is 12.2 Å². The zero-order valence-electron chi connectivity index (χ0n) is 27.4. The third-order valence-corrected chi connectivity index (χ3v) is 7.74. The minimum absolute atomic E-state index is 0.0319. The van der Waals surface area contributed by atoms with Crippen LogP contribution in [-0.2, 0) is 11.3 Å². The highest BCUT2D eigenvalue weighted by Gasteiger charge is 2.20. The number of hydrogen-bond acceptors (Lipinski definition) is 7. The smallest absolute Gasteiger partial charge is 0.343 e. The van der Waals surface area contributed by atoms with Crippen molar-refractivity contribution in [1.82, 2.24) is 4.90 Å². The van der Waals surface area contributed by atoms with Crippen molar-refractivity contribution in [3.05, 3.63) is 125 Å². The number of carboxylic acid groups (broad SMARTS) is 1. The molecule has 1 amide bonds. The topological polar surface area (TPSA) is 122 Å². The Morgan fingerprint density at radius 3 is 2.12 bits per heavy atom. The molecule has 0 atom stereocenters. The number of benzene rings is 4. The Morgan fingerprint density at radius 1 is 0.771 bits per heavy atom. The van der Waals surface area contributed by atoms with Gasteiger partial charge in [-0.05, 0) is 79.1 Å². The molecule has 0 aromatic heterocycles. The zero-order chi connectivity index (χ0) is 34.3. The van der Waals surface area contributed by atoms with E-state index in [0.29, 0.717) is 46.0 Å². The highest BCUT2D eigenvalue weighted by atomic mass is 16.5. The first-order chi connectivity index (χ1) is 23.2. The number of Topliss-reactive ketones (excluding diaryl/α,β-unsaturated/α-hetero) is 1. The normalized spacial score (nSPS) is 10.6. The fourth-order valence-corrected chi connectivity index (χ4v) is 5.08. The predicted molar refractivity (Wildman–Crippen MR) is 185 cm³/mol. The first-order valence-corrected chi connectivity index (χ1v) is 16.2. The summed E-state index contributed by atoms with van der Waals surface area (Å²) in [6.45, 7) is 4.28. The van der Waals surface area contributed by atoms with Gasteiger partial charge in [0.05, 0.1) is 18.7 Å². The van der Waals surface area contributed by atoms with E-state index in [-0.39, 0.29) is 18.9 Å². The van der Waals surface area contributed by atoms with Crippen molar-refractivity contribution < 1.29 is 33.8 Å². The predicted octanol–water partition coefficient (Wildman–Crippen LogP) is 7.59. The largest absolute Gasteiger partial charge is 0.494 e. The van der Waals surface area contributed by atoms with Crippen LogP contribution in [0.5, 0.6) is 11.5 Å². The number of rotatable bonds is 18. The molecule has 4 rings (SSSR count). The molecule has 0 heterocycles. The lowest BCUT2D eigenvalue weighted by molar-refractivity contribution is -0.137. The fourth-order valence-electron chi connectivity index (χ4n) is 5.08. The number of aryl methyl sites for hydroxylation is 1. The van der Waals surface area contributed by atoms with Crippen LogP contribution >= 0.6 is 0 Å². The van der Waals surface area contributed by atoms with E-state index in [4.69, 9.17) is 9.47 Å². The van der Waals surface area contributed by atoms with Crippen LogP contribution in [0, 0.1) is 6.92 Å². The van der Waals surface area contributed by atoms with E-state index in [1.54, 1.807) is 84.9 Å². The van der Waals surface area contributed by atoms with E-state index < -0.39 is 24.4 Å². The van der Waals surface area contributed by atoms with Gasteiger partial charge >= 0.3 is 11.9 Å². The van der Waals surface area contributed by atoms with Gasteiger partial charge in [-0.2, -0.15) is 0 Å². The number of ether oxygens (including phenoxy) is 2. The maximum Gasteiger partial charge on any atom is 0.343 e. The number of nitrogens with zero attached hydrogens (tertiary/aromatic N) is 1. The number of esters is 1. The monoisotopic (exact) mass is 650 g/mol. The number of hydrogen-bond donors (Lipinski definition) is 2. The maximum absolute atomic E-state index is 13.3. The molecule has 0 bridgehead atoms. The molecule has 48 heavy (non-hydrogen) atoms. The summed E-state index contributed by atoms with van der Waals surface area (Å²) in [5.74, 6) is -1.14. The third kappa shape index (κ3) is 10.8. The van der Waals surface area contributed by atoms with Crippen LogP contribution in [0.1, 0.15) is 81.2 Å². The summed E-state index contributed by atoms with van der Waals surface area (Å²) >= 11 is 0. The Hall–Kier alpha value is -5.44. The molecular weight excluding hydrogens is 608 g/mol. The van der Waals surface area contributed by atoms with Gasteiger partial charge in [-0.15, -0.1) is 0 Å². The number of carbonyl (C=O) groups excluding carboxylic acids is 3. The Morgan fingerprint density at radius 2 is 1.46 bits per heavy atom. The Kier molecular flexibility index (Phi) is 13.3. The van der Waals surface area contributed by atoms with E-state index in [9.17, 15) is 24.3 Å². The second kappa shape index (κ2) is 18.0. The van der Waals surface area contributed by atoms with Crippen LogP contribution in [0.2, 0.25) is 0 Å². The van der Waals surface area contributed by atoms with Crippen molar-refractivity contribution in [2.24, 2.45) is 0 Å². The molecule has 0 saturated carbocycles. The van der Waals surface area contributed by atoms with Gasteiger partial charge in [-0.1, -0.05) is 75.1 Å². The molecule has 0 aliphatic carbocycles. The fraction of sp³-hybridized carbons (Fsp3) is 0.282. The average Bonchev–Trinajstić information content (AvgIpc) is 3.09. The van der Waals surface area contributed by atoms with Crippen LogP contribution < -0.4 is 14.8 Å². The van der Waals surface area contributed by atoms with Gasteiger partial charge in [-0.25, -0.2) is 4.79 Å². The first kappa shape index (κ1) is 35.4. The summed E-state index contributed by atoms with van der Waals surface area (Å²) in [7, 11) is 0. The highest BCUT2D eigenvalue weighted by Crippen LogP contribution is 2.22. The lowest BCUT2D eigenvalue weighted by atomic mass is 10.1. The Labute approximate surface area is 281 Å². The van der Waals surface area contributed by atoms with Crippen LogP contribution in [0.15, 0.2) is 97.1 Å². The van der Waals surface area contributed by atoms with Crippen molar-refractivity contribution in [2.45, 2.75) is 52.5 Å². The molecule has 250 valence electrons. The zero-order valence-corrected chi connectivity index (χ0v) is 27.4. The minimum atomic E-state index is -1.15. The van der Waals surface area contributed by atoms with Gasteiger partial charge in [0.1, 0.15) is 18.0 Å². The molecule has 0 radical (unpaired) electrons. The van der Waals surface area contributed by atoms with E-state index in [1.165, 1.54) is 24.2 Å². The molecule has 4 aromatic carbocycles. The van der Waals surface area contributed by atoms with Gasteiger partial charge in [0.15, 0.2) is 5.78 Å². The number of amides is 1.